The Labute approximate surface area is 178 Å². The molecule has 1 aliphatic rings. The SMILES string of the molecule is Cc1cc(CN2CCCN(C(=O)C(Cc3ccccc3)NC(=O)C(F)(F)F)CC2)no1. The van der Waals surface area contributed by atoms with Gasteiger partial charge in [-0.2, -0.15) is 13.2 Å². The van der Waals surface area contributed by atoms with E-state index in [1.54, 1.807) is 37.3 Å². The number of hydrogen-bond donors (Lipinski definition) is 1. The third-order valence-electron chi connectivity index (χ3n) is 5.11. The quantitative estimate of drug-likeness (QED) is 0.749. The van der Waals surface area contributed by atoms with Crippen LogP contribution in [0.3, 0.4) is 0 Å². The van der Waals surface area contributed by atoms with Gasteiger partial charge in [-0.05, 0) is 18.9 Å². The van der Waals surface area contributed by atoms with Crippen LogP contribution in [0, 0.1) is 6.92 Å². The third-order valence-corrected chi connectivity index (χ3v) is 5.11. The van der Waals surface area contributed by atoms with Gasteiger partial charge in [0.05, 0.1) is 5.69 Å². The Balaban J connectivity index is 1.66. The number of amides is 2. The molecule has 1 aromatic heterocycles. The molecule has 0 radical (unpaired) electrons. The first-order valence-corrected chi connectivity index (χ1v) is 10.1. The van der Waals surface area contributed by atoms with Crippen molar-refractivity contribution >= 4 is 11.8 Å². The summed E-state index contributed by atoms with van der Waals surface area (Å²) >= 11 is 0. The van der Waals surface area contributed by atoms with Crippen molar-refractivity contribution in [2.75, 3.05) is 26.2 Å². The van der Waals surface area contributed by atoms with Crippen LogP contribution in [-0.2, 0) is 22.6 Å². The van der Waals surface area contributed by atoms with Gasteiger partial charge in [-0.25, -0.2) is 0 Å². The van der Waals surface area contributed by atoms with Crippen molar-refractivity contribution in [3.63, 3.8) is 0 Å². The van der Waals surface area contributed by atoms with E-state index in [0.29, 0.717) is 50.5 Å². The highest BCUT2D eigenvalue weighted by Crippen LogP contribution is 2.17. The summed E-state index contributed by atoms with van der Waals surface area (Å²) in [5.74, 6) is -1.91. The van der Waals surface area contributed by atoms with E-state index in [1.807, 2.05) is 11.4 Å². The lowest BCUT2D eigenvalue weighted by atomic mass is 10.0. The smallest absolute Gasteiger partial charge is 0.361 e. The maximum absolute atomic E-state index is 13.1. The van der Waals surface area contributed by atoms with Crippen LogP contribution in [0.25, 0.3) is 0 Å². The fourth-order valence-corrected chi connectivity index (χ4v) is 3.58. The zero-order valence-electron chi connectivity index (χ0n) is 17.2. The molecule has 0 saturated carbocycles. The van der Waals surface area contributed by atoms with E-state index in [2.05, 4.69) is 10.1 Å². The summed E-state index contributed by atoms with van der Waals surface area (Å²) in [7, 11) is 0. The normalized spacial score (nSPS) is 16.6. The molecule has 1 unspecified atom stereocenters. The number of hydrogen-bond acceptors (Lipinski definition) is 5. The Bertz CT molecular complexity index is 885. The molecule has 0 spiro atoms. The second-order valence-corrected chi connectivity index (χ2v) is 7.60. The molecule has 2 amide bonds. The minimum absolute atomic E-state index is 0.0140. The summed E-state index contributed by atoms with van der Waals surface area (Å²) in [5, 5.41) is 5.86. The number of nitrogens with one attached hydrogen (secondary N) is 1. The Morgan fingerprint density at radius 1 is 1.16 bits per heavy atom. The number of carbonyl (C=O) groups excluding carboxylic acids is 2. The van der Waals surface area contributed by atoms with Crippen LogP contribution in [0.5, 0.6) is 0 Å². The number of carbonyl (C=O) groups is 2. The maximum Gasteiger partial charge on any atom is 0.471 e. The first-order chi connectivity index (χ1) is 14.7. The van der Waals surface area contributed by atoms with Gasteiger partial charge in [-0.15, -0.1) is 0 Å². The molecule has 10 heteroatoms. The average Bonchev–Trinajstić information content (AvgIpc) is 2.99. The third kappa shape index (κ3) is 6.55. The molecule has 31 heavy (non-hydrogen) atoms. The molecule has 3 rings (SSSR count). The lowest BCUT2D eigenvalue weighted by molar-refractivity contribution is -0.175. The van der Waals surface area contributed by atoms with E-state index < -0.39 is 24.0 Å². The monoisotopic (exact) mass is 438 g/mol. The Morgan fingerprint density at radius 3 is 2.55 bits per heavy atom. The Morgan fingerprint density at radius 2 is 1.90 bits per heavy atom. The van der Waals surface area contributed by atoms with Gasteiger partial charge in [0, 0.05) is 45.2 Å². The molecule has 0 aliphatic carbocycles. The van der Waals surface area contributed by atoms with Gasteiger partial charge >= 0.3 is 12.1 Å². The number of nitrogens with zero attached hydrogens (tertiary/aromatic N) is 3. The fraction of sp³-hybridized carbons (Fsp3) is 0.476. The predicted molar refractivity (Wildman–Crippen MR) is 106 cm³/mol. The zero-order chi connectivity index (χ0) is 22.4. The molecule has 1 aliphatic heterocycles. The topological polar surface area (TPSA) is 78.7 Å². The summed E-state index contributed by atoms with van der Waals surface area (Å²) in [5.41, 5.74) is 1.46. The summed E-state index contributed by atoms with van der Waals surface area (Å²) in [6, 6.07) is 9.22. The fourth-order valence-electron chi connectivity index (χ4n) is 3.58. The van der Waals surface area contributed by atoms with Crippen LogP contribution in [0.2, 0.25) is 0 Å². The molecule has 1 fully saturated rings. The molecule has 2 heterocycles. The summed E-state index contributed by atoms with van der Waals surface area (Å²) in [6.07, 6.45) is -4.41. The van der Waals surface area contributed by atoms with Crippen molar-refractivity contribution in [1.29, 1.82) is 0 Å². The molecule has 1 N–H and O–H groups in total. The molecule has 1 atom stereocenters. The second kappa shape index (κ2) is 9.95. The second-order valence-electron chi connectivity index (χ2n) is 7.60. The number of benzene rings is 1. The molecule has 0 bridgehead atoms. The first-order valence-electron chi connectivity index (χ1n) is 10.1. The number of aryl methyl sites for hydroxylation is 1. The standard InChI is InChI=1S/C21H25F3N4O3/c1-15-12-17(26-31-15)14-27-8-5-9-28(11-10-27)19(29)18(25-20(30)21(22,23)24)13-16-6-3-2-4-7-16/h2-4,6-7,12,18H,5,8-11,13-14H2,1H3,(H,25,30). The van der Waals surface area contributed by atoms with Gasteiger partial charge in [-0.1, -0.05) is 35.5 Å². The van der Waals surface area contributed by atoms with Crippen LogP contribution in [0.4, 0.5) is 13.2 Å². The van der Waals surface area contributed by atoms with Crippen molar-refractivity contribution < 1.29 is 27.3 Å². The van der Waals surface area contributed by atoms with E-state index in [4.69, 9.17) is 4.52 Å². The van der Waals surface area contributed by atoms with Gasteiger partial charge in [0.15, 0.2) is 0 Å². The molecule has 7 nitrogen and oxygen atoms in total. The highest BCUT2D eigenvalue weighted by atomic mass is 19.4. The summed E-state index contributed by atoms with van der Waals surface area (Å²) < 4.78 is 43.5. The van der Waals surface area contributed by atoms with E-state index in [0.717, 1.165) is 5.69 Å². The highest BCUT2D eigenvalue weighted by Gasteiger charge is 2.41. The minimum atomic E-state index is -5.06. The zero-order valence-corrected chi connectivity index (χ0v) is 17.2. The molecular formula is C21H25F3N4O3. The van der Waals surface area contributed by atoms with Crippen molar-refractivity contribution in [2.24, 2.45) is 0 Å². The molecule has 1 saturated heterocycles. The van der Waals surface area contributed by atoms with Crippen molar-refractivity contribution in [3.05, 3.63) is 53.4 Å². The summed E-state index contributed by atoms with van der Waals surface area (Å²) in [6.45, 7) is 4.39. The van der Waals surface area contributed by atoms with Crippen LogP contribution in [-0.4, -0.2) is 65.2 Å². The van der Waals surface area contributed by atoms with Gasteiger partial charge in [-0.3, -0.25) is 14.5 Å². The number of alkyl halides is 3. The predicted octanol–water partition coefficient (Wildman–Crippen LogP) is 2.31. The van der Waals surface area contributed by atoms with Gasteiger partial charge < -0.3 is 14.7 Å². The van der Waals surface area contributed by atoms with Crippen molar-refractivity contribution in [3.8, 4) is 0 Å². The van der Waals surface area contributed by atoms with Gasteiger partial charge in [0.25, 0.3) is 0 Å². The van der Waals surface area contributed by atoms with Gasteiger partial charge in [0.1, 0.15) is 11.8 Å². The van der Waals surface area contributed by atoms with Crippen LogP contribution < -0.4 is 5.32 Å². The van der Waals surface area contributed by atoms with Crippen LogP contribution in [0.1, 0.15) is 23.4 Å². The number of aromatic nitrogens is 1. The number of rotatable bonds is 6. The summed E-state index contributed by atoms with van der Waals surface area (Å²) in [4.78, 5) is 28.3. The van der Waals surface area contributed by atoms with Crippen LogP contribution in [0.15, 0.2) is 40.9 Å². The average molecular weight is 438 g/mol. The highest BCUT2D eigenvalue weighted by molar-refractivity contribution is 5.90. The molecule has 168 valence electrons. The first kappa shape index (κ1) is 22.8. The van der Waals surface area contributed by atoms with Crippen molar-refractivity contribution in [1.82, 2.24) is 20.3 Å². The van der Waals surface area contributed by atoms with E-state index in [9.17, 15) is 22.8 Å². The lowest BCUT2D eigenvalue weighted by Gasteiger charge is -2.27. The number of halogens is 3. The van der Waals surface area contributed by atoms with E-state index in [-0.39, 0.29) is 6.42 Å². The molecule has 1 aromatic carbocycles. The lowest BCUT2D eigenvalue weighted by Crippen LogP contribution is -2.53. The Hall–Kier alpha value is -2.88. The van der Waals surface area contributed by atoms with Crippen LogP contribution >= 0.6 is 0 Å². The maximum atomic E-state index is 13.1. The van der Waals surface area contributed by atoms with E-state index in [1.165, 1.54) is 4.90 Å². The van der Waals surface area contributed by atoms with Crippen molar-refractivity contribution in [2.45, 2.75) is 38.5 Å². The Kier molecular flexibility index (Phi) is 7.32. The molecule has 2 aromatic rings. The minimum Gasteiger partial charge on any atom is -0.361 e. The van der Waals surface area contributed by atoms with Gasteiger partial charge in [0.2, 0.25) is 5.91 Å². The van der Waals surface area contributed by atoms with E-state index >= 15 is 0 Å². The largest absolute Gasteiger partial charge is 0.471 e. The molecular weight excluding hydrogens is 413 g/mol.